The second-order valence-corrected chi connectivity index (χ2v) is 6.26. The summed E-state index contributed by atoms with van der Waals surface area (Å²) in [4.78, 5) is 0.239. The normalized spacial score (nSPS) is 21.6. The third kappa shape index (κ3) is 3.49. The molecule has 2 atom stereocenters. The van der Waals surface area contributed by atoms with E-state index >= 15 is 0 Å². The van der Waals surface area contributed by atoms with Crippen LogP contribution in [0.3, 0.4) is 0 Å². The molecule has 1 saturated heterocycles. The van der Waals surface area contributed by atoms with E-state index < -0.39 is 0 Å². The molecule has 1 aromatic rings. The Hall–Kier alpha value is -0.0600. The summed E-state index contributed by atoms with van der Waals surface area (Å²) in [6, 6.07) is 6.14. The van der Waals surface area contributed by atoms with Gasteiger partial charge in [0.25, 0.3) is 0 Å². The van der Waals surface area contributed by atoms with Crippen molar-refractivity contribution in [3.8, 4) is 5.75 Å². The first-order valence-electron chi connectivity index (χ1n) is 6.40. The molecule has 0 amide bonds. The molecule has 1 fully saturated rings. The van der Waals surface area contributed by atoms with Crippen molar-refractivity contribution in [1.29, 1.82) is 0 Å². The lowest BCUT2D eigenvalue weighted by Gasteiger charge is -2.27. The van der Waals surface area contributed by atoms with Crippen molar-refractivity contribution in [2.45, 2.75) is 37.1 Å². The highest BCUT2D eigenvalue weighted by Gasteiger charge is 2.25. The molecule has 0 aliphatic carbocycles. The van der Waals surface area contributed by atoms with Crippen LogP contribution >= 0.6 is 31.9 Å². The van der Waals surface area contributed by atoms with Crippen LogP contribution in [-0.4, -0.2) is 19.3 Å². The smallest absolute Gasteiger partial charge is 0.120 e. The van der Waals surface area contributed by atoms with Crippen LogP contribution in [0, 0.1) is 0 Å². The Balaban J connectivity index is 2.11. The van der Waals surface area contributed by atoms with E-state index in [0.29, 0.717) is 6.61 Å². The molecule has 0 N–H and O–H groups in total. The Labute approximate surface area is 125 Å². The average molecular weight is 378 g/mol. The molecule has 1 heterocycles. The van der Waals surface area contributed by atoms with Crippen molar-refractivity contribution in [2.75, 3.05) is 13.2 Å². The summed E-state index contributed by atoms with van der Waals surface area (Å²) >= 11 is 7.38. The SMILES string of the molecule is CCOc1ccc(C(Br)C2CCCCO2)c(Br)c1. The van der Waals surface area contributed by atoms with E-state index in [1.165, 1.54) is 18.4 Å². The van der Waals surface area contributed by atoms with Gasteiger partial charge in [0.1, 0.15) is 5.75 Å². The van der Waals surface area contributed by atoms with Crippen LogP contribution in [0.15, 0.2) is 22.7 Å². The fourth-order valence-electron chi connectivity index (χ4n) is 2.18. The van der Waals surface area contributed by atoms with E-state index in [-0.39, 0.29) is 10.9 Å². The van der Waals surface area contributed by atoms with E-state index in [1.807, 2.05) is 19.1 Å². The molecule has 0 radical (unpaired) electrons. The molecule has 2 unspecified atom stereocenters. The maximum Gasteiger partial charge on any atom is 0.120 e. The predicted octanol–water partition coefficient (Wildman–Crippen LogP) is 4.85. The summed E-state index contributed by atoms with van der Waals surface area (Å²) < 4.78 is 12.4. The molecule has 2 rings (SSSR count). The third-order valence-electron chi connectivity index (χ3n) is 3.12. The summed E-state index contributed by atoms with van der Waals surface area (Å²) in [5.41, 5.74) is 1.23. The number of rotatable bonds is 4. The first-order chi connectivity index (χ1) is 8.72. The van der Waals surface area contributed by atoms with E-state index in [4.69, 9.17) is 9.47 Å². The van der Waals surface area contributed by atoms with Crippen LogP contribution in [0.1, 0.15) is 36.6 Å². The van der Waals surface area contributed by atoms with Crippen molar-refractivity contribution in [3.05, 3.63) is 28.2 Å². The van der Waals surface area contributed by atoms with Gasteiger partial charge in [-0.2, -0.15) is 0 Å². The largest absolute Gasteiger partial charge is 0.494 e. The van der Waals surface area contributed by atoms with Crippen molar-refractivity contribution in [3.63, 3.8) is 0 Å². The number of alkyl halides is 1. The quantitative estimate of drug-likeness (QED) is 0.698. The molecular weight excluding hydrogens is 360 g/mol. The Bertz CT molecular complexity index is 389. The number of ether oxygens (including phenoxy) is 2. The average Bonchev–Trinajstić information content (AvgIpc) is 2.40. The molecule has 18 heavy (non-hydrogen) atoms. The minimum absolute atomic E-state index is 0.239. The zero-order chi connectivity index (χ0) is 13.0. The minimum Gasteiger partial charge on any atom is -0.494 e. The van der Waals surface area contributed by atoms with Gasteiger partial charge in [-0.15, -0.1) is 0 Å². The van der Waals surface area contributed by atoms with Gasteiger partial charge in [-0.05, 0) is 43.9 Å². The first kappa shape index (κ1) is 14.4. The van der Waals surface area contributed by atoms with Crippen LogP contribution in [0.2, 0.25) is 0 Å². The molecular formula is C14H18Br2O2. The summed E-state index contributed by atoms with van der Waals surface area (Å²) in [6.07, 6.45) is 3.82. The molecule has 4 heteroatoms. The molecule has 1 aliphatic rings. The van der Waals surface area contributed by atoms with Crippen molar-refractivity contribution >= 4 is 31.9 Å². The second kappa shape index (κ2) is 6.92. The lowest BCUT2D eigenvalue weighted by molar-refractivity contribution is 0.0159. The molecule has 2 nitrogen and oxygen atoms in total. The van der Waals surface area contributed by atoms with Crippen LogP contribution in [0.5, 0.6) is 5.75 Å². The highest BCUT2D eigenvalue weighted by Crippen LogP contribution is 2.38. The zero-order valence-electron chi connectivity index (χ0n) is 10.5. The van der Waals surface area contributed by atoms with Crippen LogP contribution in [-0.2, 0) is 4.74 Å². The summed E-state index contributed by atoms with van der Waals surface area (Å²) in [7, 11) is 0. The number of hydrogen-bond donors (Lipinski definition) is 0. The maximum atomic E-state index is 5.83. The van der Waals surface area contributed by atoms with Gasteiger partial charge in [0.05, 0.1) is 17.5 Å². The van der Waals surface area contributed by atoms with Gasteiger partial charge in [0.15, 0.2) is 0 Å². The number of benzene rings is 1. The van der Waals surface area contributed by atoms with E-state index in [9.17, 15) is 0 Å². The lowest BCUT2D eigenvalue weighted by atomic mass is 10.0. The molecule has 0 bridgehead atoms. The number of hydrogen-bond acceptors (Lipinski definition) is 2. The Kier molecular flexibility index (Phi) is 5.52. The van der Waals surface area contributed by atoms with Gasteiger partial charge in [0, 0.05) is 11.1 Å². The van der Waals surface area contributed by atoms with Gasteiger partial charge >= 0.3 is 0 Å². The maximum absolute atomic E-state index is 5.83. The third-order valence-corrected chi connectivity index (χ3v) is 4.89. The van der Waals surface area contributed by atoms with Gasteiger partial charge < -0.3 is 9.47 Å². The Morgan fingerprint density at radius 1 is 1.44 bits per heavy atom. The minimum atomic E-state index is 0.239. The van der Waals surface area contributed by atoms with Gasteiger partial charge in [-0.1, -0.05) is 37.9 Å². The molecule has 0 saturated carbocycles. The van der Waals surface area contributed by atoms with Gasteiger partial charge in [-0.25, -0.2) is 0 Å². The fourth-order valence-corrected chi connectivity index (χ4v) is 3.91. The second-order valence-electron chi connectivity index (χ2n) is 4.42. The molecule has 1 aliphatic heterocycles. The molecule has 0 spiro atoms. The highest BCUT2D eigenvalue weighted by atomic mass is 79.9. The van der Waals surface area contributed by atoms with Crippen molar-refractivity contribution in [1.82, 2.24) is 0 Å². The van der Waals surface area contributed by atoms with Crippen LogP contribution in [0.4, 0.5) is 0 Å². The monoisotopic (exact) mass is 376 g/mol. The van der Waals surface area contributed by atoms with Crippen LogP contribution < -0.4 is 4.74 Å². The fraction of sp³-hybridized carbons (Fsp3) is 0.571. The van der Waals surface area contributed by atoms with Crippen molar-refractivity contribution < 1.29 is 9.47 Å². The first-order valence-corrected chi connectivity index (χ1v) is 8.11. The van der Waals surface area contributed by atoms with Crippen LogP contribution in [0.25, 0.3) is 0 Å². The Morgan fingerprint density at radius 3 is 2.89 bits per heavy atom. The molecule has 0 aromatic heterocycles. The lowest BCUT2D eigenvalue weighted by Crippen LogP contribution is -2.23. The van der Waals surface area contributed by atoms with Gasteiger partial charge in [-0.3, -0.25) is 0 Å². The van der Waals surface area contributed by atoms with Crippen molar-refractivity contribution in [2.24, 2.45) is 0 Å². The standard InChI is InChI=1S/C14H18Br2O2/c1-2-17-10-6-7-11(12(15)9-10)14(16)13-5-3-4-8-18-13/h6-7,9,13-14H,2-5,8H2,1H3. The van der Waals surface area contributed by atoms with E-state index in [0.717, 1.165) is 23.2 Å². The summed E-state index contributed by atoms with van der Waals surface area (Å²) in [6.45, 7) is 3.56. The highest BCUT2D eigenvalue weighted by molar-refractivity contribution is 9.11. The Morgan fingerprint density at radius 2 is 2.28 bits per heavy atom. The number of halogens is 2. The van der Waals surface area contributed by atoms with E-state index in [1.54, 1.807) is 0 Å². The topological polar surface area (TPSA) is 18.5 Å². The van der Waals surface area contributed by atoms with Gasteiger partial charge in [0.2, 0.25) is 0 Å². The van der Waals surface area contributed by atoms with E-state index in [2.05, 4.69) is 37.9 Å². The zero-order valence-corrected chi connectivity index (χ0v) is 13.7. The predicted molar refractivity (Wildman–Crippen MR) is 80.6 cm³/mol. The summed E-state index contributed by atoms with van der Waals surface area (Å²) in [5.74, 6) is 0.900. The summed E-state index contributed by atoms with van der Waals surface area (Å²) in [5, 5.41) is 0. The molecule has 100 valence electrons. The molecule has 1 aromatic carbocycles.